The van der Waals surface area contributed by atoms with Gasteiger partial charge in [0, 0.05) is 30.8 Å². The topological polar surface area (TPSA) is 132 Å². The molecule has 1 unspecified atom stereocenters. The highest BCUT2D eigenvalue weighted by Crippen LogP contribution is 2.38. The van der Waals surface area contributed by atoms with E-state index < -0.39 is 11.9 Å². The second kappa shape index (κ2) is 8.99. The van der Waals surface area contributed by atoms with E-state index in [9.17, 15) is 19.5 Å². The van der Waals surface area contributed by atoms with Gasteiger partial charge in [0.1, 0.15) is 11.4 Å². The van der Waals surface area contributed by atoms with E-state index in [0.29, 0.717) is 29.5 Å². The Morgan fingerprint density at radius 1 is 1.09 bits per heavy atom. The van der Waals surface area contributed by atoms with Crippen molar-refractivity contribution < 1.29 is 29.0 Å². The molecule has 2 aromatic carbocycles. The van der Waals surface area contributed by atoms with Crippen molar-refractivity contribution in [1.29, 1.82) is 0 Å². The third-order valence-corrected chi connectivity index (χ3v) is 5.43. The monoisotopic (exact) mass is 447 g/mol. The quantitative estimate of drug-likeness (QED) is 0.568. The largest absolute Gasteiger partial charge is 0.493 e. The third kappa shape index (κ3) is 4.47. The summed E-state index contributed by atoms with van der Waals surface area (Å²) >= 11 is 0. The molecular formula is C24H21N3O6. The van der Waals surface area contributed by atoms with Crippen molar-refractivity contribution in [3.05, 3.63) is 77.6 Å². The van der Waals surface area contributed by atoms with Crippen molar-refractivity contribution >= 4 is 23.5 Å². The van der Waals surface area contributed by atoms with E-state index in [0.717, 1.165) is 5.56 Å². The van der Waals surface area contributed by atoms with Crippen LogP contribution in [0.15, 0.2) is 60.8 Å². The summed E-state index contributed by atoms with van der Waals surface area (Å²) < 4.78 is 11.4. The number of hydrogen-bond acceptors (Lipinski definition) is 6. The molecule has 168 valence electrons. The summed E-state index contributed by atoms with van der Waals surface area (Å²) in [5, 5.41) is 9.18. The number of benzene rings is 2. The van der Waals surface area contributed by atoms with Crippen molar-refractivity contribution in [1.82, 2.24) is 4.98 Å². The SMILES string of the molecule is COc1ccc(C2CC(=O)N(c3ccnc(C(=O)O)c3)C2)cc1Oc1ccccc1C(N)=O. The van der Waals surface area contributed by atoms with Crippen molar-refractivity contribution in [2.75, 3.05) is 18.6 Å². The fourth-order valence-corrected chi connectivity index (χ4v) is 3.79. The Kier molecular flexibility index (Phi) is 5.95. The van der Waals surface area contributed by atoms with Crippen LogP contribution in [0.3, 0.4) is 0 Å². The van der Waals surface area contributed by atoms with Crippen LogP contribution >= 0.6 is 0 Å². The molecule has 1 aliphatic rings. The molecule has 1 aromatic heterocycles. The molecule has 9 heteroatoms. The van der Waals surface area contributed by atoms with Gasteiger partial charge in [0.2, 0.25) is 5.91 Å². The number of carbonyl (C=O) groups is 3. The zero-order valence-electron chi connectivity index (χ0n) is 17.7. The summed E-state index contributed by atoms with van der Waals surface area (Å²) in [4.78, 5) is 41.0. The van der Waals surface area contributed by atoms with Gasteiger partial charge in [-0.1, -0.05) is 18.2 Å². The van der Waals surface area contributed by atoms with Gasteiger partial charge in [0.25, 0.3) is 5.91 Å². The van der Waals surface area contributed by atoms with E-state index >= 15 is 0 Å². The lowest BCUT2D eigenvalue weighted by Gasteiger charge is -2.18. The number of aromatic carboxylic acids is 1. The number of rotatable bonds is 7. The van der Waals surface area contributed by atoms with Crippen LogP contribution in [0.2, 0.25) is 0 Å². The van der Waals surface area contributed by atoms with Gasteiger partial charge in [-0.05, 0) is 42.0 Å². The first-order chi connectivity index (χ1) is 15.9. The van der Waals surface area contributed by atoms with Crippen molar-refractivity contribution in [3.63, 3.8) is 0 Å². The van der Waals surface area contributed by atoms with Crippen LogP contribution in [0, 0.1) is 0 Å². The van der Waals surface area contributed by atoms with E-state index in [-0.39, 0.29) is 29.5 Å². The summed E-state index contributed by atoms with van der Waals surface area (Å²) in [7, 11) is 1.51. The Morgan fingerprint density at radius 2 is 1.88 bits per heavy atom. The minimum atomic E-state index is -1.16. The lowest BCUT2D eigenvalue weighted by Crippen LogP contribution is -2.24. The molecule has 0 saturated carbocycles. The number of nitrogens with two attached hydrogens (primary N) is 1. The average Bonchev–Trinajstić information content (AvgIpc) is 3.21. The number of carboxylic acid groups (broad SMARTS) is 1. The number of anilines is 1. The molecule has 0 bridgehead atoms. The number of nitrogens with zero attached hydrogens (tertiary/aromatic N) is 2. The molecular weight excluding hydrogens is 426 g/mol. The van der Waals surface area contributed by atoms with Gasteiger partial charge in [-0.15, -0.1) is 0 Å². The lowest BCUT2D eigenvalue weighted by atomic mass is 9.98. The summed E-state index contributed by atoms with van der Waals surface area (Å²) in [6, 6.07) is 15.0. The molecule has 2 amide bonds. The Bertz CT molecular complexity index is 1240. The fourth-order valence-electron chi connectivity index (χ4n) is 3.79. The average molecular weight is 447 g/mol. The van der Waals surface area contributed by atoms with Gasteiger partial charge in [-0.25, -0.2) is 9.78 Å². The molecule has 0 radical (unpaired) electrons. The van der Waals surface area contributed by atoms with Crippen LogP contribution in [0.1, 0.15) is 38.7 Å². The molecule has 3 N–H and O–H groups in total. The number of primary amides is 1. The van der Waals surface area contributed by atoms with E-state index in [1.807, 2.05) is 6.07 Å². The zero-order valence-corrected chi connectivity index (χ0v) is 17.7. The molecule has 0 spiro atoms. The number of pyridine rings is 1. The van der Waals surface area contributed by atoms with Crippen LogP contribution in [0.5, 0.6) is 17.2 Å². The minimum Gasteiger partial charge on any atom is -0.493 e. The molecule has 1 aliphatic heterocycles. The maximum absolute atomic E-state index is 12.7. The van der Waals surface area contributed by atoms with Crippen LogP contribution in [0.25, 0.3) is 0 Å². The van der Waals surface area contributed by atoms with E-state index in [1.165, 1.54) is 19.4 Å². The molecule has 1 atom stereocenters. The Morgan fingerprint density at radius 3 is 2.61 bits per heavy atom. The Balaban J connectivity index is 1.62. The van der Waals surface area contributed by atoms with Crippen LogP contribution < -0.4 is 20.1 Å². The highest BCUT2D eigenvalue weighted by atomic mass is 16.5. The van der Waals surface area contributed by atoms with Gasteiger partial charge >= 0.3 is 5.97 Å². The Labute approximate surface area is 189 Å². The second-order valence-corrected chi connectivity index (χ2v) is 7.48. The third-order valence-electron chi connectivity index (χ3n) is 5.43. The zero-order chi connectivity index (χ0) is 23.5. The standard InChI is InChI=1S/C24H21N3O6/c1-32-20-7-6-14(10-21(20)33-19-5-3-2-4-17(19)23(25)29)15-11-22(28)27(13-15)16-8-9-26-18(12-16)24(30)31/h2-10,12,15H,11,13H2,1H3,(H2,25,29)(H,30,31). The number of hydrogen-bond donors (Lipinski definition) is 2. The first kappa shape index (κ1) is 21.8. The molecule has 3 aromatic rings. The molecule has 0 aliphatic carbocycles. The predicted octanol–water partition coefficient (Wildman–Crippen LogP) is 3.20. The van der Waals surface area contributed by atoms with E-state index in [2.05, 4.69) is 4.98 Å². The first-order valence-corrected chi connectivity index (χ1v) is 10.1. The lowest BCUT2D eigenvalue weighted by molar-refractivity contribution is -0.117. The highest BCUT2D eigenvalue weighted by molar-refractivity contribution is 5.98. The van der Waals surface area contributed by atoms with Crippen molar-refractivity contribution in [2.24, 2.45) is 5.73 Å². The fraction of sp³-hybridized carbons (Fsp3) is 0.167. The van der Waals surface area contributed by atoms with E-state index in [4.69, 9.17) is 15.2 Å². The summed E-state index contributed by atoms with van der Waals surface area (Å²) in [5.74, 6) is -0.920. The summed E-state index contributed by atoms with van der Waals surface area (Å²) in [5.41, 5.74) is 6.88. The Hall–Kier alpha value is -4.40. The van der Waals surface area contributed by atoms with Gasteiger partial charge < -0.3 is 25.2 Å². The second-order valence-electron chi connectivity index (χ2n) is 7.48. The number of carbonyl (C=O) groups excluding carboxylic acids is 2. The number of aromatic nitrogens is 1. The van der Waals surface area contributed by atoms with Crippen molar-refractivity contribution in [3.8, 4) is 17.2 Å². The number of para-hydroxylation sites is 1. The predicted molar refractivity (Wildman–Crippen MR) is 119 cm³/mol. The summed E-state index contributed by atoms with van der Waals surface area (Å²) in [6.07, 6.45) is 1.61. The minimum absolute atomic E-state index is 0.125. The van der Waals surface area contributed by atoms with Gasteiger partial charge in [0.05, 0.1) is 12.7 Å². The van der Waals surface area contributed by atoms with Crippen LogP contribution in [0.4, 0.5) is 5.69 Å². The summed E-state index contributed by atoms with van der Waals surface area (Å²) in [6.45, 7) is 0.367. The molecule has 1 fully saturated rings. The normalized spacial score (nSPS) is 15.4. The molecule has 33 heavy (non-hydrogen) atoms. The molecule has 2 heterocycles. The molecule has 1 saturated heterocycles. The first-order valence-electron chi connectivity index (χ1n) is 10.1. The van der Waals surface area contributed by atoms with Gasteiger partial charge in [-0.2, -0.15) is 0 Å². The van der Waals surface area contributed by atoms with Crippen molar-refractivity contribution in [2.45, 2.75) is 12.3 Å². The van der Waals surface area contributed by atoms with Crippen LogP contribution in [-0.2, 0) is 4.79 Å². The number of methoxy groups -OCH3 is 1. The maximum Gasteiger partial charge on any atom is 0.354 e. The number of amides is 2. The highest BCUT2D eigenvalue weighted by Gasteiger charge is 2.32. The van der Waals surface area contributed by atoms with Gasteiger partial charge in [0.15, 0.2) is 11.5 Å². The number of carboxylic acids is 1. The maximum atomic E-state index is 12.7. The van der Waals surface area contributed by atoms with Crippen LogP contribution in [-0.4, -0.2) is 41.5 Å². The van der Waals surface area contributed by atoms with E-state index in [1.54, 1.807) is 47.4 Å². The van der Waals surface area contributed by atoms with Gasteiger partial charge in [-0.3, -0.25) is 9.59 Å². The smallest absolute Gasteiger partial charge is 0.354 e. The molecule has 4 rings (SSSR count). The molecule has 9 nitrogen and oxygen atoms in total. The number of ether oxygens (including phenoxy) is 2.